The van der Waals surface area contributed by atoms with Gasteiger partial charge in [0.15, 0.2) is 0 Å². The van der Waals surface area contributed by atoms with Crippen LogP contribution in [0.4, 0.5) is 5.69 Å². The van der Waals surface area contributed by atoms with Gasteiger partial charge in [-0.05, 0) is 49.2 Å². The Balaban J connectivity index is 1.32. The number of anilines is 1. The Bertz CT molecular complexity index is 1360. The van der Waals surface area contributed by atoms with Gasteiger partial charge in [0, 0.05) is 38.5 Å². The summed E-state index contributed by atoms with van der Waals surface area (Å²) in [5, 5.41) is 3.29. The molecule has 1 aliphatic heterocycles. The van der Waals surface area contributed by atoms with E-state index in [4.69, 9.17) is 0 Å². The minimum absolute atomic E-state index is 0.0830. The lowest BCUT2D eigenvalue weighted by Crippen LogP contribution is -2.20. The molecule has 1 aliphatic rings. The Labute approximate surface area is 191 Å². The number of aromatic amines is 1. The van der Waals surface area contributed by atoms with Crippen molar-refractivity contribution in [1.29, 1.82) is 0 Å². The summed E-state index contributed by atoms with van der Waals surface area (Å²) in [5.74, 6) is 0.895. The number of nitrogens with zero attached hydrogens (tertiary/aromatic N) is 3. The highest BCUT2D eigenvalue weighted by Crippen LogP contribution is 2.19. The highest BCUT2D eigenvalue weighted by molar-refractivity contribution is 7.90. The summed E-state index contributed by atoms with van der Waals surface area (Å²) in [6.45, 7) is 0.798. The standard InChI is InChI=1S/C23H25N5O4S/c1-28-15-5-9-21(28)27-33(31,32)17-13-11-16(12-14-17)24-22(29)10-4-8-20-25-19-7-3-2-6-18(19)23(30)26-20/h2-3,6-7,11-14H,4-5,8-10,15H2,1H3,(H,24,29)(H,25,26,30)/b27-21+. The third-order valence-corrected chi connectivity index (χ3v) is 6.79. The zero-order valence-corrected chi connectivity index (χ0v) is 19.1. The minimum Gasteiger partial charge on any atom is -0.362 e. The van der Waals surface area contributed by atoms with Crippen LogP contribution in [0.5, 0.6) is 0 Å². The van der Waals surface area contributed by atoms with Gasteiger partial charge in [0.05, 0.1) is 15.8 Å². The SMILES string of the molecule is CN1CCC/C1=N\S(=O)(=O)c1ccc(NC(=O)CCCc2nc3ccccc3c(=O)[nH]2)cc1. The minimum atomic E-state index is -3.79. The molecule has 0 aliphatic carbocycles. The molecule has 2 N–H and O–H groups in total. The predicted molar refractivity (Wildman–Crippen MR) is 127 cm³/mol. The monoisotopic (exact) mass is 467 g/mol. The number of hydrogen-bond acceptors (Lipinski definition) is 5. The number of sulfonamides is 1. The number of aryl methyl sites for hydroxylation is 1. The van der Waals surface area contributed by atoms with Crippen molar-refractivity contribution < 1.29 is 13.2 Å². The fourth-order valence-electron chi connectivity index (χ4n) is 3.70. The summed E-state index contributed by atoms with van der Waals surface area (Å²) >= 11 is 0. The van der Waals surface area contributed by atoms with Crippen molar-refractivity contribution in [2.45, 2.75) is 37.0 Å². The number of para-hydroxylation sites is 1. The van der Waals surface area contributed by atoms with E-state index < -0.39 is 10.0 Å². The van der Waals surface area contributed by atoms with Crippen molar-refractivity contribution in [2.24, 2.45) is 4.40 Å². The van der Waals surface area contributed by atoms with E-state index in [1.165, 1.54) is 12.1 Å². The lowest BCUT2D eigenvalue weighted by atomic mass is 10.2. The molecule has 10 heteroatoms. The van der Waals surface area contributed by atoms with Gasteiger partial charge in [0.1, 0.15) is 11.7 Å². The second kappa shape index (κ2) is 9.53. The normalized spacial score (nSPS) is 15.3. The zero-order valence-electron chi connectivity index (χ0n) is 18.2. The van der Waals surface area contributed by atoms with E-state index in [9.17, 15) is 18.0 Å². The number of carbonyl (C=O) groups is 1. The van der Waals surface area contributed by atoms with Gasteiger partial charge in [0.2, 0.25) is 5.91 Å². The number of aromatic nitrogens is 2. The number of benzene rings is 2. The molecule has 9 nitrogen and oxygen atoms in total. The Morgan fingerprint density at radius 1 is 1.18 bits per heavy atom. The second-order valence-corrected chi connectivity index (χ2v) is 9.57. The van der Waals surface area contributed by atoms with Gasteiger partial charge in [-0.3, -0.25) is 9.59 Å². The molecular formula is C23H25N5O4S. The molecule has 3 aromatic rings. The van der Waals surface area contributed by atoms with Crippen molar-refractivity contribution in [2.75, 3.05) is 18.9 Å². The quantitative estimate of drug-likeness (QED) is 0.550. The van der Waals surface area contributed by atoms with Crippen molar-refractivity contribution >= 4 is 38.4 Å². The van der Waals surface area contributed by atoms with Crippen LogP contribution in [0.3, 0.4) is 0 Å². The molecule has 1 saturated heterocycles. The number of carbonyl (C=O) groups excluding carboxylic acids is 1. The number of likely N-dealkylation sites (tertiary alicyclic amines) is 1. The highest BCUT2D eigenvalue weighted by Gasteiger charge is 2.20. The summed E-state index contributed by atoms with van der Waals surface area (Å²) < 4.78 is 29.0. The van der Waals surface area contributed by atoms with Crippen molar-refractivity contribution in [3.63, 3.8) is 0 Å². The molecule has 0 bridgehead atoms. The fraction of sp³-hybridized carbons (Fsp3) is 0.304. The third-order valence-electron chi connectivity index (χ3n) is 5.48. The molecule has 0 unspecified atom stereocenters. The maximum Gasteiger partial charge on any atom is 0.283 e. The molecule has 0 spiro atoms. The van der Waals surface area contributed by atoms with Crippen LogP contribution in [0.2, 0.25) is 0 Å². The van der Waals surface area contributed by atoms with Crippen LogP contribution in [-0.2, 0) is 21.2 Å². The van der Waals surface area contributed by atoms with E-state index in [1.54, 1.807) is 30.3 Å². The molecule has 4 rings (SSSR count). The van der Waals surface area contributed by atoms with E-state index >= 15 is 0 Å². The third kappa shape index (κ3) is 5.46. The largest absolute Gasteiger partial charge is 0.362 e. The zero-order chi connectivity index (χ0) is 23.4. The van der Waals surface area contributed by atoms with Gasteiger partial charge >= 0.3 is 0 Å². The lowest BCUT2D eigenvalue weighted by molar-refractivity contribution is -0.116. The van der Waals surface area contributed by atoms with Gasteiger partial charge in [-0.15, -0.1) is 4.40 Å². The topological polar surface area (TPSA) is 125 Å². The van der Waals surface area contributed by atoms with Gasteiger partial charge < -0.3 is 15.2 Å². The molecule has 0 atom stereocenters. The number of H-pyrrole nitrogens is 1. The maximum absolute atomic E-state index is 12.5. The lowest BCUT2D eigenvalue weighted by Gasteiger charge is -2.11. The Morgan fingerprint density at radius 3 is 2.67 bits per heavy atom. The summed E-state index contributed by atoms with van der Waals surface area (Å²) in [7, 11) is -1.96. The number of nitrogens with one attached hydrogen (secondary N) is 2. The van der Waals surface area contributed by atoms with Gasteiger partial charge in [-0.25, -0.2) is 4.98 Å². The van der Waals surface area contributed by atoms with Crippen LogP contribution in [0, 0.1) is 0 Å². The first kappa shape index (κ1) is 22.7. The number of fused-ring (bicyclic) bond motifs is 1. The molecule has 1 amide bonds. The average molecular weight is 468 g/mol. The van der Waals surface area contributed by atoms with E-state index in [-0.39, 0.29) is 22.8 Å². The number of amides is 1. The molecular weight excluding hydrogens is 442 g/mol. The summed E-state index contributed by atoms with van der Waals surface area (Å²) in [5.41, 5.74) is 0.932. The van der Waals surface area contributed by atoms with Gasteiger partial charge in [-0.2, -0.15) is 8.42 Å². The molecule has 2 heterocycles. The van der Waals surface area contributed by atoms with Crippen LogP contribution in [0.15, 0.2) is 62.6 Å². The smallest absolute Gasteiger partial charge is 0.283 e. The van der Waals surface area contributed by atoms with Crippen LogP contribution in [0.25, 0.3) is 10.9 Å². The Hall–Kier alpha value is -3.53. The Morgan fingerprint density at radius 2 is 1.94 bits per heavy atom. The van der Waals surface area contributed by atoms with Gasteiger partial charge in [0.25, 0.3) is 15.6 Å². The maximum atomic E-state index is 12.5. The molecule has 172 valence electrons. The van der Waals surface area contributed by atoms with Crippen LogP contribution < -0.4 is 10.9 Å². The number of hydrogen-bond donors (Lipinski definition) is 2. The average Bonchev–Trinajstić information content (AvgIpc) is 3.18. The van der Waals surface area contributed by atoms with Crippen LogP contribution >= 0.6 is 0 Å². The van der Waals surface area contributed by atoms with E-state index in [2.05, 4.69) is 19.7 Å². The van der Waals surface area contributed by atoms with E-state index in [0.717, 1.165) is 13.0 Å². The predicted octanol–water partition coefficient (Wildman–Crippen LogP) is 2.70. The number of rotatable bonds is 7. The molecule has 2 aromatic carbocycles. The summed E-state index contributed by atoms with van der Waals surface area (Å²) in [4.78, 5) is 33.5. The molecule has 0 saturated carbocycles. The van der Waals surface area contributed by atoms with Crippen molar-refractivity contribution in [1.82, 2.24) is 14.9 Å². The fourth-order valence-corrected chi connectivity index (χ4v) is 4.80. The van der Waals surface area contributed by atoms with Crippen LogP contribution in [-0.4, -0.2) is 48.6 Å². The molecule has 33 heavy (non-hydrogen) atoms. The van der Waals surface area contributed by atoms with Crippen molar-refractivity contribution in [3.05, 3.63) is 64.7 Å². The molecule has 1 aromatic heterocycles. The highest BCUT2D eigenvalue weighted by atomic mass is 32.2. The number of amidine groups is 1. The first-order chi connectivity index (χ1) is 15.8. The Kier molecular flexibility index (Phi) is 6.55. The van der Waals surface area contributed by atoms with E-state index in [1.807, 2.05) is 18.0 Å². The summed E-state index contributed by atoms with van der Waals surface area (Å²) in [6, 6.07) is 13.1. The molecule has 1 fully saturated rings. The molecule has 0 radical (unpaired) electrons. The van der Waals surface area contributed by atoms with Gasteiger partial charge in [-0.1, -0.05) is 12.1 Å². The van der Waals surface area contributed by atoms with Crippen LogP contribution in [0.1, 0.15) is 31.5 Å². The van der Waals surface area contributed by atoms with Crippen molar-refractivity contribution in [3.8, 4) is 0 Å². The first-order valence-electron chi connectivity index (χ1n) is 10.7. The summed E-state index contributed by atoms with van der Waals surface area (Å²) in [6.07, 6.45) is 2.73. The van der Waals surface area contributed by atoms with E-state index in [0.29, 0.717) is 47.5 Å². The first-order valence-corrected chi connectivity index (χ1v) is 12.2. The second-order valence-electron chi connectivity index (χ2n) is 7.96.